The predicted molar refractivity (Wildman–Crippen MR) is 429 cm³/mol. The summed E-state index contributed by atoms with van der Waals surface area (Å²) < 4.78 is 5.62. The molecule has 0 unspecified atom stereocenters. The quantitative estimate of drug-likeness (QED) is 0.116. The number of rotatable bonds is 8. The maximum atomic E-state index is 9.43. The highest BCUT2D eigenvalue weighted by Gasteiger charge is 2.20. The second-order valence-corrected chi connectivity index (χ2v) is 26.5. The van der Waals surface area contributed by atoms with Gasteiger partial charge in [-0.3, -0.25) is 9.97 Å². The molecule has 102 heavy (non-hydrogen) atoms. The Hall–Kier alpha value is -12.7. The molecular formula is C92H60BBrN6O2. The summed E-state index contributed by atoms with van der Waals surface area (Å²) in [5, 5.41) is 32.8. The molecule has 0 bridgehead atoms. The van der Waals surface area contributed by atoms with Gasteiger partial charge in [0.2, 0.25) is 0 Å². The summed E-state index contributed by atoms with van der Waals surface area (Å²) in [4.78, 5) is 20.2. The fraction of sp³-hybridized carbons (Fsp3) is 0. The summed E-state index contributed by atoms with van der Waals surface area (Å²) in [7, 11) is -1.46. The van der Waals surface area contributed by atoms with E-state index in [1.807, 2.05) is 60.9 Å². The molecule has 20 rings (SSSR count). The summed E-state index contributed by atoms with van der Waals surface area (Å²) in [6.45, 7) is 0. The van der Waals surface area contributed by atoms with Crippen LogP contribution in [-0.4, -0.2) is 46.2 Å². The van der Waals surface area contributed by atoms with Gasteiger partial charge in [-0.05, 0) is 145 Å². The molecule has 20 aromatic rings. The third kappa shape index (κ3) is 11.2. The molecule has 0 fully saturated rings. The van der Waals surface area contributed by atoms with Gasteiger partial charge in [-0.1, -0.05) is 271 Å². The van der Waals surface area contributed by atoms with Crippen molar-refractivity contribution in [3.8, 4) is 67.3 Å². The number of halogens is 1. The molecule has 0 aliphatic carbocycles. The van der Waals surface area contributed by atoms with E-state index in [0.29, 0.717) is 5.46 Å². The van der Waals surface area contributed by atoms with Crippen molar-refractivity contribution in [1.29, 1.82) is 0 Å². The van der Waals surface area contributed by atoms with E-state index in [1.54, 1.807) is 6.07 Å². The summed E-state index contributed by atoms with van der Waals surface area (Å²) in [6, 6.07) is 118. The van der Waals surface area contributed by atoms with Gasteiger partial charge in [0.25, 0.3) is 0 Å². The minimum atomic E-state index is -1.46. The van der Waals surface area contributed by atoms with E-state index >= 15 is 0 Å². The van der Waals surface area contributed by atoms with Crippen LogP contribution in [0.4, 0.5) is 0 Å². The molecule has 16 aromatic carbocycles. The SMILES string of the molecule is Brc1cccc(-c2cccc(-c3cnc4c5ccccc5c5ccccc5c4n3)c2)c1.OB(O)c1ccc2c(c1)c1ccccc1n2-c1ccccc1.c1ccc(-n2c3ccccc3c3cc(-c4cccc(-c5cccc(-c6cnc7c8ccccc8c8ccccc8c7n6)c5)c4)ccc32)cc1. The van der Waals surface area contributed by atoms with Gasteiger partial charge in [-0.25, -0.2) is 9.97 Å². The Morgan fingerprint density at radius 2 is 0.569 bits per heavy atom. The number of fused-ring (bicyclic) bond motifs is 18. The zero-order valence-electron chi connectivity index (χ0n) is 55.0. The first-order chi connectivity index (χ1) is 50.3. The van der Waals surface area contributed by atoms with Crippen LogP contribution < -0.4 is 5.46 Å². The maximum Gasteiger partial charge on any atom is 0.488 e. The zero-order chi connectivity index (χ0) is 68.2. The van der Waals surface area contributed by atoms with Gasteiger partial charge in [0.15, 0.2) is 0 Å². The molecule has 0 atom stereocenters. The van der Waals surface area contributed by atoms with Crippen molar-refractivity contribution in [2.75, 3.05) is 0 Å². The van der Waals surface area contributed by atoms with Crippen molar-refractivity contribution in [3.63, 3.8) is 0 Å². The molecule has 0 radical (unpaired) electrons. The van der Waals surface area contributed by atoms with Crippen LogP contribution in [0.2, 0.25) is 0 Å². The van der Waals surface area contributed by atoms with E-state index in [4.69, 9.17) is 19.9 Å². The summed E-state index contributed by atoms with van der Waals surface area (Å²) in [6.07, 6.45) is 3.81. The van der Waals surface area contributed by atoms with Gasteiger partial charge < -0.3 is 19.2 Å². The van der Waals surface area contributed by atoms with Crippen LogP contribution in [0, 0.1) is 0 Å². The van der Waals surface area contributed by atoms with E-state index in [2.05, 4.69) is 310 Å². The van der Waals surface area contributed by atoms with Gasteiger partial charge in [0, 0.05) is 70.1 Å². The largest absolute Gasteiger partial charge is 0.488 e. The molecule has 0 spiro atoms. The van der Waals surface area contributed by atoms with Gasteiger partial charge in [0.1, 0.15) is 0 Å². The van der Waals surface area contributed by atoms with Crippen molar-refractivity contribution in [3.05, 3.63) is 357 Å². The Morgan fingerprint density at radius 3 is 1.00 bits per heavy atom. The Kier molecular flexibility index (Phi) is 15.8. The molecule has 480 valence electrons. The minimum absolute atomic E-state index is 0.503. The van der Waals surface area contributed by atoms with Crippen molar-refractivity contribution < 1.29 is 10.0 Å². The third-order valence-electron chi connectivity index (χ3n) is 19.6. The Morgan fingerprint density at radius 1 is 0.245 bits per heavy atom. The first-order valence-electron chi connectivity index (χ1n) is 34.1. The van der Waals surface area contributed by atoms with Crippen LogP contribution in [0.15, 0.2) is 357 Å². The summed E-state index contributed by atoms with van der Waals surface area (Å²) in [5.74, 6) is 0. The highest BCUT2D eigenvalue weighted by Crippen LogP contribution is 2.40. The monoisotopic (exact) mass is 1370 g/mol. The lowest BCUT2D eigenvalue weighted by molar-refractivity contribution is 0.426. The number of benzene rings is 16. The Balaban J connectivity index is 0.000000120. The predicted octanol–water partition coefficient (Wildman–Crippen LogP) is 22.5. The van der Waals surface area contributed by atoms with Crippen LogP contribution in [-0.2, 0) is 0 Å². The third-order valence-corrected chi connectivity index (χ3v) is 20.0. The van der Waals surface area contributed by atoms with E-state index in [1.165, 1.54) is 65.7 Å². The van der Waals surface area contributed by atoms with Crippen LogP contribution in [0.25, 0.3) is 176 Å². The van der Waals surface area contributed by atoms with Crippen LogP contribution in [0.3, 0.4) is 0 Å². The van der Waals surface area contributed by atoms with Gasteiger partial charge in [-0.2, -0.15) is 0 Å². The maximum absolute atomic E-state index is 9.43. The highest BCUT2D eigenvalue weighted by atomic mass is 79.9. The smallest absolute Gasteiger partial charge is 0.423 e. The van der Waals surface area contributed by atoms with Crippen molar-refractivity contribution >= 4 is 137 Å². The molecule has 4 heterocycles. The lowest BCUT2D eigenvalue weighted by Gasteiger charge is -2.11. The van der Waals surface area contributed by atoms with E-state index < -0.39 is 7.12 Å². The first kappa shape index (κ1) is 61.6. The Bertz CT molecular complexity index is 6580. The van der Waals surface area contributed by atoms with Crippen LogP contribution in [0.1, 0.15) is 0 Å². The number of hydrogen-bond donors (Lipinski definition) is 2. The second kappa shape index (κ2) is 26.2. The van der Waals surface area contributed by atoms with Crippen molar-refractivity contribution in [2.45, 2.75) is 0 Å². The molecule has 0 amide bonds. The highest BCUT2D eigenvalue weighted by molar-refractivity contribution is 9.10. The standard InChI is InChI=1S/C46H29N3.C28H17BrN2.C18H14BNO2/c1-2-16-35(17-3-1)49-43-23-9-8-20-38(43)41-28-33(24-25-44(41)49)31-13-10-12-30(26-31)32-14-11-15-34(27-32)42-29-47-45-39-21-6-4-18-36(39)37-19-5-7-22-40(37)46(45)48-42;29-21-10-6-8-19(16-21)18-7-5-9-20(15-18)26-17-30-27-24-13-3-1-11-22(24)23-12-2-4-14-25(23)28(27)31-26;21-19(22)13-10-11-18-16(12-13)15-8-4-5-9-17(15)20(18)14-6-2-1-3-7-14/h1-29H;1-17H;1-12,21-22H. The average molecular weight is 1370 g/mol. The molecule has 8 nitrogen and oxygen atoms in total. The Labute approximate surface area is 596 Å². The fourth-order valence-corrected chi connectivity index (χ4v) is 15.2. The normalized spacial score (nSPS) is 11.5. The molecule has 4 aromatic heterocycles. The molecule has 0 aliphatic rings. The van der Waals surface area contributed by atoms with E-state index in [0.717, 1.165) is 115 Å². The van der Waals surface area contributed by atoms with E-state index in [9.17, 15) is 10.0 Å². The lowest BCUT2D eigenvalue weighted by atomic mass is 9.80. The zero-order valence-corrected chi connectivity index (χ0v) is 56.6. The van der Waals surface area contributed by atoms with Crippen molar-refractivity contribution in [2.24, 2.45) is 0 Å². The fourth-order valence-electron chi connectivity index (χ4n) is 14.8. The minimum Gasteiger partial charge on any atom is -0.423 e. The molecule has 0 saturated carbocycles. The van der Waals surface area contributed by atoms with Gasteiger partial charge >= 0.3 is 7.12 Å². The van der Waals surface area contributed by atoms with Gasteiger partial charge in [-0.15, -0.1) is 0 Å². The number of nitrogens with zero attached hydrogens (tertiary/aromatic N) is 6. The summed E-state index contributed by atoms with van der Waals surface area (Å²) >= 11 is 3.57. The van der Waals surface area contributed by atoms with Gasteiger partial charge in [0.05, 0.1) is 67.9 Å². The molecule has 0 aliphatic heterocycles. The van der Waals surface area contributed by atoms with E-state index in [-0.39, 0.29) is 0 Å². The van der Waals surface area contributed by atoms with Crippen molar-refractivity contribution in [1.82, 2.24) is 29.1 Å². The molecule has 2 N–H and O–H groups in total. The number of hydrogen-bond acceptors (Lipinski definition) is 6. The molecular weight excluding hydrogens is 1310 g/mol. The first-order valence-corrected chi connectivity index (χ1v) is 34.9. The number of para-hydroxylation sites is 4. The lowest BCUT2D eigenvalue weighted by Crippen LogP contribution is -2.29. The number of aromatic nitrogens is 6. The second-order valence-electron chi connectivity index (χ2n) is 25.6. The molecule has 10 heteroatoms. The topological polar surface area (TPSA) is 102 Å². The molecule has 0 saturated heterocycles. The van der Waals surface area contributed by atoms with Crippen LogP contribution >= 0.6 is 15.9 Å². The average Bonchev–Trinajstić information content (AvgIpc) is 0.786. The van der Waals surface area contributed by atoms with Crippen LogP contribution in [0.5, 0.6) is 0 Å². The summed E-state index contributed by atoms with van der Waals surface area (Å²) in [5.41, 5.74) is 22.0.